The van der Waals surface area contributed by atoms with Gasteiger partial charge in [0.25, 0.3) is 0 Å². The number of hydrogen-bond acceptors (Lipinski definition) is 5. The first kappa shape index (κ1) is 24.7. The average molecular weight is 473 g/mol. The zero-order valence-electron chi connectivity index (χ0n) is 17.6. The Morgan fingerprint density at radius 1 is 1.14 bits per heavy atom. The molecule has 0 saturated heterocycles. The SMILES string of the molecule is CC(C)(C)OC(=O)NCC(=O)NC(CC(=O)O)c1cc(C(C)(C)C)cc(Br)c1O. The van der Waals surface area contributed by atoms with Gasteiger partial charge in [-0.25, -0.2) is 4.79 Å². The van der Waals surface area contributed by atoms with Crippen molar-refractivity contribution in [1.29, 1.82) is 0 Å². The van der Waals surface area contributed by atoms with Crippen molar-refractivity contribution >= 4 is 33.9 Å². The minimum Gasteiger partial charge on any atom is -0.506 e. The monoisotopic (exact) mass is 472 g/mol. The normalized spacial score (nSPS) is 12.8. The van der Waals surface area contributed by atoms with Gasteiger partial charge < -0.3 is 25.6 Å². The number of ether oxygens (including phenoxy) is 1. The summed E-state index contributed by atoms with van der Waals surface area (Å²) in [5.41, 5.74) is 0.157. The maximum Gasteiger partial charge on any atom is 0.408 e. The lowest BCUT2D eigenvalue weighted by Gasteiger charge is -2.25. The third kappa shape index (κ3) is 8.31. The summed E-state index contributed by atoms with van der Waals surface area (Å²) >= 11 is 3.28. The van der Waals surface area contributed by atoms with E-state index < -0.39 is 42.6 Å². The molecule has 162 valence electrons. The van der Waals surface area contributed by atoms with Crippen LogP contribution in [0, 0.1) is 0 Å². The summed E-state index contributed by atoms with van der Waals surface area (Å²) in [4.78, 5) is 35.3. The topological polar surface area (TPSA) is 125 Å². The van der Waals surface area contributed by atoms with E-state index in [1.807, 2.05) is 20.8 Å². The third-order valence-electron chi connectivity index (χ3n) is 3.84. The van der Waals surface area contributed by atoms with Crippen molar-refractivity contribution in [2.45, 2.75) is 65.0 Å². The van der Waals surface area contributed by atoms with Crippen LogP contribution in [0.1, 0.15) is 65.1 Å². The number of alkyl carbamates (subject to hydrolysis) is 1. The highest BCUT2D eigenvalue weighted by Crippen LogP contribution is 2.38. The lowest BCUT2D eigenvalue weighted by atomic mass is 9.85. The van der Waals surface area contributed by atoms with Crippen molar-refractivity contribution in [3.8, 4) is 5.75 Å². The fourth-order valence-corrected chi connectivity index (χ4v) is 2.92. The summed E-state index contributed by atoms with van der Waals surface area (Å²) in [7, 11) is 0. The Hall–Kier alpha value is -2.29. The molecule has 9 heteroatoms. The molecular weight excluding hydrogens is 444 g/mol. The minimum atomic E-state index is -1.15. The van der Waals surface area contributed by atoms with Gasteiger partial charge in [-0.15, -0.1) is 0 Å². The minimum absolute atomic E-state index is 0.148. The molecule has 1 unspecified atom stereocenters. The predicted octanol–water partition coefficient (Wildman–Crippen LogP) is 3.61. The highest BCUT2D eigenvalue weighted by Gasteiger charge is 2.26. The number of carboxylic acids is 1. The highest BCUT2D eigenvalue weighted by molar-refractivity contribution is 9.10. The van der Waals surface area contributed by atoms with Crippen molar-refractivity contribution in [2.24, 2.45) is 0 Å². The van der Waals surface area contributed by atoms with E-state index in [1.165, 1.54) is 0 Å². The lowest BCUT2D eigenvalue weighted by molar-refractivity contribution is -0.137. The molecule has 2 amide bonds. The summed E-state index contributed by atoms with van der Waals surface area (Å²) in [5, 5.41) is 24.6. The smallest absolute Gasteiger partial charge is 0.408 e. The van der Waals surface area contributed by atoms with Crippen molar-refractivity contribution in [3.63, 3.8) is 0 Å². The maximum atomic E-state index is 12.3. The number of hydrogen-bond donors (Lipinski definition) is 4. The molecule has 0 aliphatic heterocycles. The summed E-state index contributed by atoms with van der Waals surface area (Å²) in [5.74, 6) is -1.91. The molecule has 1 atom stereocenters. The van der Waals surface area contributed by atoms with Gasteiger partial charge >= 0.3 is 12.1 Å². The molecule has 0 fully saturated rings. The molecule has 0 radical (unpaired) electrons. The number of aromatic hydroxyl groups is 1. The van der Waals surface area contributed by atoms with Crippen LogP contribution in [0.15, 0.2) is 16.6 Å². The third-order valence-corrected chi connectivity index (χ3v) is 4.44. The van der Waals surface area contributed by atoms with Crippen LogP contribution in [0.5, 0.6) is 5.75 Å². The molecule has 1 rings (SSSR count). The molecule has 29 heavy (non-hydrogen) atoms. The van der Waals surface area contributed by atoms with Gasteiger partial charge in [0.05, 0.1) is 16.9 Å². The van der Waals surface area contributed by atoms with Crippen LogP contribution >= 0.6 is 15.9 Å². The first-order valence-electron chi connectivity index (χ1n) is 9.11. The average Bonchev–Trinajstić information content (AvgIpc) is 2.51. The Balaban J connectivity index is 3.04. The fourth-order valence-electron chi connectivity index (χ4n) is 2.44. The van der Waals surface area contributed by atoms with Crippen LogP contribution in [0.4, 0.5) is 4.79 Å². The highest BCUT2D eigenvalue weighted by atomic mass is 79.9. The summed E-state index contributed by atoms with van der Waals surface area (Å²) in [6.07, 6.45) is -1.20. The number of amides is 2. The Morgan fingerprint density at radius 3 is 2.21 bits per heavy atom. The standard InChI is InChI=1S/C20H29BrN2O6/c1-19(2,3)11-7-12(17(27)13(21)8-11)14(9-16(25)26)23-15(24)10-22-18(28)29-20(4,5)6/h7-8,14,27H,9-10H2,1-6H3,(H,22,28)(H,23,24)(H,25,26). The van der Waals surface area contributed by atoms with E-state index in [1.54, 1.807) is 32.9 Å². The van der Waals surface area contributed by atoms with E-state index in [9.17, 15) is 24.6 Å². The van der Waals surface area contributed by atoms with Crippen LogP contribution in [0.25, 0.3) is 0 Å². The van der Waals surface area contributed by atoms with Crippen LogP contribution in [-0.2, 0) is 19.7 Å². The number of carboxylic acid groups (broad SMARTS) is 1. The fraction of sp³-hybridized carbons (Fsp3) is 0.550. The number of halogens is 1. The Labute approximate surface area is 179 Å². The molecule has 1 aromatic rings. The Kier molecular flexibility index (Phi) is 8.08. The van der Waals surface area contributed by atoms with E-state index in [0.29, 0.717) is 4.47 Å². The number of rotatable bonds is 6. The van der Waals surface area contributed by atoms with Crippen molar-refractivity contribution in [3.05, 3.63) is 27.7 Å². The zero-order chi connectivity index (χ0) is 22.6. The molecule has 0 saturated carbocycles. The predicted molar refractivity (Wildman–Crippen MR) is 112 cm³/mol. The first-order chi connectivity index (χ1) is 13.1. The summed E-state index contributed by atoms with van der Waals surface area (Å²) in [6, 6.07) is 2.44. The maximum absolute atomic E-state index is 12.3. The van der Waals surface area contributed by atoms with Gasteiger partial charge in [-0.1, -0.05) is 20.8 Å². The van der Waals surface area contributed by atoms with Gasteiger partial charge in [0.2, 0.25) is 5.91 Å². The van der Waals surface area contributed by atoms with E-state index in [4.69, 9.17) is 4.74 Å². The van der Waals surface area contributed by atoms with Gasteiger partial charge in [-0.2, -0.15) is 0 Å². The second-order valence-electron chi connectivity index (χ2n) is 8.72. The zero-order valence-corrected chi connectivity index (χ0v) is 19.1. The Bertz CT molecular complexity index is 780. The number of benzene rings is 1. The summed E-state index contributed by atoms with van der Waals surface area (Å²) in [6.45, 7) is 10.6. The van der Waals surface area contributed by atoms with E-state index >= 15 is 0 Å². The number of aliphatic carboxylic acids is 1. The lowest BCUT2D eigenvalue weighted by Crippen LogP contribution is -2.41. The van der Waals surface area contributed by atoms with Crippen LogP contribution in [-0.4, -0.2) is 40.3 Å². The first-order valence-corrected chi connectivity index (χ1v) is 9.90. The second-order valence-corrected chi connectivity index (χ2v) is 9.57. The van der Waals surface area contributed by atoms with Gasteiger partial charge in [-0.3, -0.25) is 9.59 Å². The van der Waals surface area contributed by atoms with Gasteiger partial charge in [-0.05, 0) is 59.8 Å². The van der Waals surface area contributed by atoms with Gasteiger partial charge in [0, 0.05) is 5.56 Å². The van der Waals surface area contributed by atoms with E-state index in [-0.39, 0.29) is 16.7 Å². The number of carbonyl (C=O) groups excluding carboxylic acids is 2. The molecule has 0 bridgehead atoms. The molecule has 0 aromatic heterocycles. The van der Waals surface area contributed by atoms with Crippen LogP contribution in [0.2, 0.25) is 0 Å². The molecule has 0 aliphatic carbocycles. The van der Waals surface area contributed by atoms with Crippen molar-refractivity contribution in [1.82, 2.24) is 10.6 Å². The number of phenolic OH excluding ortho intramolecular Hbond substituents is 1. The quantitative estimate of drug-likeness (QED) is 0.500. The number of carbonyl (C=O) groups is 3. The molecule has 0 spiro atoms. The summed E-state index contributed by atoms with van der Waals surface area (Å²) < 4.78 is 5.46. The van der Waals surface area contributed by atoms with Crippen molar-refractivity contribution in [2.75, 3.05) is 6.54 Å². The molecular formula is C20H29BrN2O6. The largest absolute Gasteiger partial charge is 0.506 e. The van der Waals surface area contributed by atoms with Gasteiger partial charge in [0.15, 0.2) is 0 Å². The molecule has 1 aromatic carbocycles. The number of nitrogens with one attached hydrogen (secondary N) is 2. The van der Waals surface area contributed by atoms with Gasteiger partial charge in [0.1, 0.15) is 17.9 Å². The molecule has 4 N–H and O–H groups in total. The molecule has 0 heterocycles. The van der Waals surface area contributed by atoms with Crippen LogP contribution < -0.4 is 10.6 Å². The van der Waals surface area contributed by atoms with E-state index in [2.05, 4.69) is 26.6 Å². The molecule has 0 aliphatic rings. The second kappa shape index (κ2) is 9.47. The van der Waals surface area contributed by atoms with Crippen LogP contribution in [0.3, 0.4) is 0 Å². The number of phenols is 1. The molecule has 8 nitrogen and oxygen atoms in total. The Morgan fingerprint density at radius 2 is 1.72 bits per heavy atom. The van der Waals surface area contributed by atoms with Crippen molar-refractivity contribution < 1.29 is 29.3 Å². The van der Waals surface area contributed by atoms with E-state index in [0.717, 1.165) is 5.56 Å².